The van der Waals surface area contributed by atoms with Crippen molar-refractivity contribution in [2.24, 2.45) is 11.8 Å². The smallest absolute Gasteiger partial charge is 0.311 e. The fraction of sp³-hybridized carbons (Fsp3) is 0.519. The van der Waals surface area contributed by atoms with Gasteiger partial charge in [-0.25, -0.2) is 0 Å². The van der Waals surface area contributed by atoms with Crippen LogP contribution < -0.4 is 4.90 Å². The molecule has 1 aromatic rings. The molecule has 5 atom stereocenters. The van der Waals surface area contributed by atoms with Crippen LogP contribution in [0, 0.1) is 11.8 Å². The zero-order valence-corrected chi connectivity index (χ0v) is 21.9. The molecule has 3 saturated heterocycles. The monoisotopic (exact) mass is 532 g/mol. The summed E-state index contributed by atoms with van der Waals surface area (Å²) in [6.45, 7) is 8.24. The SMILES string of the molecule is C=CCOC(=O)[C@@H]1[C@@H]2CCC3(S2)C(C(=O)N(CC=C)c2ccccc2Cl)N(CCCCCO)C(=O)[C@H]13. The summed E-state index contributed by atoms with van der Waals surface area (Å²) < 4.78 is 4.70. The maximum atomic E-state index is 14.3. The van der Waals surface area contributed by atoms with Crippen LogP contribution in [0.25, 0.3) is 0 Å². The quantitative estimate of drug-likeness (QED) is 0.250. The Bertz CT molecular complexity index is 1040. The molecule has 3 aliphatic rings. The van der Waals surface area contributed by atoms with Crippen LogP contribution in [-0.4, -0.2) is 70.1 Å². The maximum Gasteiger partial charge on any atom is 0.311 e. The number of ether oxygens (including phenoxy) is 1. The normalized spacial score (nSPS) is 28.2. The van der Waals surface area contributed by atoms with Crippen LogP contribution >= 0.6 is 23.4 Å². The summed E-state index contributed by atoms with van der Waals surface area (Å²) in [5.74, 6) is -1.96. The zero-order chi connectivity index (χ0) is 25.9. The number of hydrogen-bond donors (Lipinski definition) is 1. The summed E-state index contributed by atoms with van der Waals surface area (Å²) in [6, 6.07) is 6.41. The van der Waals surface area contributed by atoms with E-state index in [4.69, 9.17) is 16.3 Å². The number of nitrogens with zero attached hydrogens (tertiary/aromatic N) is 2. The summed E-state index contributed by atoms with van der Waals surface area (Å²) in [7, 11) is 0. The highest BCUT2D eigenvalue weighted by molar-refractivity contribution is 8.02. The number of carbonyl (C=O) groups is 3. The predicted molar refractivity (Wildman–Crippen MR) is 142 cm³/mol. The third-order valence-corrected chi connectivity index (χ3v) is 9.70. The number of likely N-dealkylation sites (tertiary alicyclic amines) is 1. The van der Waals surface area contributed by atoms with Gasteiger partial charge in [-0.2, -0.15) is 0 Å². The fourth-order valence-electron chi connectivity index (χ4n) is 6.00. The lowest BCUT2D eigenvalue weighted by molar-refractivity contribution is -0.153. The Morgan fingerprint density at radius 3 is 2.72 bits per heavy atom. The number of para-hydroxylation sites is 1. The van der Waals surface area contributed by atoms with Crippen molar-refractivity contribution in [3.05, 3.63) is 54.6 Å². The third-order valence-electron chi connectivity index (χ3n) is 7.43. The molecule has 0 saturated carbocycles. The molecule has 1 aromatic carbocycles. The van der Waals surface area contributed by atoms with Crippen molar-refractivity contribution in [3.8, 4) is 0 Å². The summed E-state index contributed by atoms with van der Waals surface area (Å²) in [5.41, 5.74) is 0.566. The molecular weight excluding hydrogens is 500 g/mol. The van der Waals surface area contributed by atoms with Gasteiger partial charge in [-0.3, -0.25) is 14.4 Å². The molecule has 3 fully saturated rings. The zero-order valence-electron chi connectivity index (χ0n) is 20.3. The Hall–Kier alpha value is -2.29. The van der Waals surface area contributed by atoms with Crippen LogP contribution in [0.1, 0.15) is 32.1 Å². The van der Waals surface area contributed by atoms with E-state index in [0.29, 0.717) is 36.5 Å². The van der Waals surface area contributed by atoms with Crippen molar-refractivity contribution in [3.63, 3.8) is 0 Å². The highest BCUT2D eigenvalue weighted by atomic mass is 35.5. The molecule has 0 aliphatic carbocycles. The van der Waals surface area contributed by atoms with Crippen LogP contribution in [0.4, 0.5) is 5.69 Å². The summed E-state index contributed by atoms with van der Waals surface area (Å²) in [4.78, 5) is 44.6. The number of hydrogen-bond acceptors (Lipinski definition) is 6. The first-order chi connectivity index (χ1) is 17.4. The number of aliphatic hydroxyl groups is 1. The molecule has 2 bridgehead atoms. The van der Waals surface area contributed by atoms with Crippen molar-refractivity contribution >= 4 is 46.8 Å². The number of anilines is 1. The lowest BCUT2D eigenvalue weighted by Gasteiger charge is -2.37. The van der Waals surface area contributed by atoms with E-state index in [1.54, 1.807) is 45.8 Å². The van der Waals surface area contributed by atoms with Gasteiger partial charge in [-0.15, -0.1) is 18.3 Å². The number of esters is 1. The second-order valence-corrected chi connectivity index (χ2v) is 11.5. The minimum absolute atomic E-state index is 0.0590. The number of carbonyl (C=O) groups excluding carboxylic acids is 3. The first-order valence-electron chi connectivity index (χ1n) is 12.4. The standard InChI is InChI=1S/C27H33ClN2O5S/c1-3-14-29(19-11-7-6-10-18(19)28)25(33)23-27-13-12-20(36-27)21(26(34)35-17-4-2)22(27)24(32)30(23)15-8-5-9-16-31/h3-4,6-7,10-11,20-23,31H,1-2,5,8-9,12-17H2/t20-,21+,22-,23?,27?/m0/s1. The molecule has 3 heterocycles. The Labute approximate surface area is 221 Å². The van der Waals surface area contributed by atoms with Crippen molar-refractivity contribution in [2.45, 2.75) is 48.1 Å². The van der Waals surface area contributed by atoms with E-state index in [-0.39, 0.29) is 36.8 Å². The molecule has 36 heavy (non-hydrogen) atoms. The maximum absolute atomic E-state index is 14.3. The average molecular weight is 533 g/mol. The molecule has 9 heteroatoms. The van der Waals surface area contributed by atoms with E-state index < -0.39 is 28.6 Å². The van der Waals surface area contributed by atoms with E-state index in [1.165, 1.54) is 6.08 Å². The van der Waals surface area contributed by atoms with E-state index in [2.05, 4.69) is 13.2 Å². The predicted octanol–water partition coefficient (Wildman–Crippen LogP) is 3.84. The lowest BCUT2D eigenvalue weighted by Crippen LogP contribution is -2.55. The van der Waals surface area contributed by atoms with Crippen LogP contribution in [0.5, 0.6) is 0 Å². The van der Waals surface area contributed by atoms with Gasteiger partial charge in [-0.1, -0.05) is 42.5 Å². The number of fused-ring (bicyclic) bond motifs is 1. The lowest BCUT2D eigenvalue weighted by atomic mass is 9.71. The van der Waals surface area contributed by atoms with E-state index in [0.717, 1.165) is 12.8 Å². The molecule has 194 valence electrons. The number of benzene rings is 1. The van der Waals surface area contributed by atoms with Crippen molar-refractivity contribution in [1.29, 1.82) is 0 Å². The van der Waals surface area contributed by atoms with Crippen LogP contribution in [0.3, 0.4) is 0 Å². The minimum atomic E-state index is -0.729. The van der Waals surface area contributed by atoms with Crippen molar-refractivity contribution in [2.75, 3.05) is 31.2 Å². The van der Waals surface area contributed by atoms with Gasteiger partial charge in [0.25, 0.3) is 5.91 Å². The Balaban J connectivity index is 1.72. The molecule has 7 nitrogen and oxygen atoms in total. The van der Waals surface area contributed by atoms with Gasteiger partial charge in [0.15, 0.2) is 0 Å². The molecule has 0 radical (unpaired) electrons. The van der Waals surface area contributed by atoms with Gasteiger partial charge in [0.2, 0.25) is 5.91 Å². The first-order valence-corrected chi connectivity index (χ1v) is 13.7. The summed E-state index contributed by atoms with van der Waals surface area (Å²) >= 11 is 8.09. The third kappa shape index (κ3) is 4.59. The molecule has 0 aromatic heterocycles. The fourth-order valence-corrected chi connectivity index (χ4v) is 8.44. The Morgan fingerprint density at radius 1 is 1.25 bits per heavy atom. The molecule has 2 amide bonds. The average Bonchev–Trinajstić information content (AvgIpc) is 3.51. The second-order valence-electron chi connectivity index (χ2n) is 9.48. The molecule has 1 N–H and O–H groups in total. The molecule has 2 unspecified atom stereocenters. The van der Waals surface area contributed by atoms with Gasteiger partial charge in [0, 0.05) is 24.9 Å². The first kappa shape index (κ1) is 26.8. The number of unbranched alkanes of at least 4 members (excludes halogenated alkanes) is 2. The van der Waals surface area contributed by atoms with Crippen LogP contribution in [0.15, 0.2) is 49.6 Å². The number of halogens is 1. The number of amides is 2. The van der Waals surface area contributed by atoms with Gasteiger partial charge in [0.05, 0.1) is 27.3 Å². The number of rotatable bonds is 12. The highest BCUT2D eigenvalue weighted by Crippen LogP contribution is 2.66. The topological polar surface area (TPSA) is 87.2 Å². The molecule has 1 spiro atoms. The Morgan fingerprint density at radius 2 is 2.03 bits per heavy atom. The second kappa shape index (κ2) is 11.4. The molecule has 4 rings (SSSR count). The van der Waals surface area contributed by atoms with Gasteiger partial charge < -0.3 is 19.6 Å². The molecule has 3 aliphatic heterocycles. The number of thioether (sulfide) groups is 1. The van der Waals surface area contributed by atoms with Crippen molar-refractivity contribution in [1.82, 2.24) is 4.90 Å². The minimum Gasteiger partial charge on any atom is -0.461 e. The highest BCUT2D eigenvalue weighted by Gasteiger charge is 2.74. The van der Waals surface area contributed by atoms with E-state index >= 15 is 0 Å². The van der Waals surface area contributed by atoms with Crippen LogP contribution in [-0.2, 0) is 19.1 Å². The van der Waals surface area contributed by atoms with E-state index in [1.807, 2.05) is 6.07 Å². The van der Waals surface area contributed by atoms with Gasteiger partial charge >= 0.3 is 5.97 Å². The number of aliphatic hydroxyl groups excluding tert-OH is 1. The summed E-state index contributed by atoms with van der Waals surface area (Å²) in [5, 5.41) is 9.57. The van der Waals surface area contributed by atoms with Gasteiger partial charge in [-0.05, 0) is 44.2 Å². The van der Waals surface area contributed by atoms with Crippen LogP contribution in [0.2, 0.25) is 5.02 Å². The van der Waals surface area contributed by atoms with Gasteiger partial charge in [0.1, 0.15) is 12.6 Å². The van der Waals surface area contributed by atoms with E-state index in [9.17, 15) is 19.5 Å². The summed E-state index contributed by atoms with van der Waals surface area (Å²) in [6.07, 6.45) is 6.61. The molecular formula is C27H33ClN2O5S. The van der Waals surface area contributed by atoms with Crippen molar-refractivity contribution < 1.29 is 24.2 Å². The largest absolute Gasteiger partial charge is 0.461 e. The Kier molecular flexibility index (Phi) is 8.48.